The van der Waals surface area contributed by atoms with Crippen molar-refractivity contribution in [2.45, 2.75) is 6.92 Å². The van der Waals surface area contributed by atoms with Gasteiger partial charge in [-0.05, 0) is 19.1 Å². The molecule has 4 heteroatoms. The van der Waals surface area contributed by atoms with E-state index in [4.69, 9.17) is 12.2 Å². The lowest BCUT2D eigenvalue weighted by Crippen LogP contribution is -2.32. The van der Waals surface area contributed by atoms with Crippen LogP contribution in [0.25, 0.3) is 0 Å². The Kier molecular flexibility index (Phi) is 1.93. The van der Waals surface area contributed by atoms with Crippen LogP contribution in [-0.4, -0.2) is 21.7 Å². The molecule has 0 atom stereocenters. The summed E-state index contributed by atoms with van der Waals surface area (Å²) >= 11 is 4.84. The number of carbonyl (C=O) groups excluding carboxylic acids is 2. The Hall–Kier alpha value is -1.55. The van der Waals surface area contributed by atoms with Crippen LogP contribution in [0, 0.1) is 0 Å². The first-order valence-electron chi connectivity index (χ1n) is 4.11. The van der Waals surface area contributed by atoms with Crippen LogP contribution >= 0.6 is 12.2 Å². The fourth-order valence-corrected chi connectivity index (χ4v) is 1.64. The highest BCUT2D eigenvalue weighted by Gasteiger charge is 2.35. The van der Waals surface area contributed by atoms with Gasteiger partial charge < -0.3 is 0 Å². The lowest BCUT2D eigenvalue weighted by Gasteiger charge is -2.09. The van der Waals surface area contributed by atoms with Gasteiger partial charge in [0.2, 0.25) is 0 Å². The highest BCUT2D eigenvalue weighted by atomic mass is 32.1. The van der Waals surface area contributed by atoms with Gasteiger partial charge in [0.15, 0.2) is 0 Å². The van der Waals surface area contributed by atoms with Crippen molar-refractivity contribution in [3.8, 4) is 0 Å². The van der Waals surface area contributed by atoms with Gasteiger partial charge in [-0.25, -0.2) is 4.90 Å². The average molecular weight is 205 g/mol. The Labute approximate surface area is 86.3 Å². The minimum absolute atomic E-state index is 0.288. The number of fused-ring (bicyclic) bond motifs is 1. The van der Waals surface area contributed by atoms with Gasteiger partial charge in [-0.2, -0.15) is 0 Å². The Morgan fingerprint density at radius 1 is 1.14 bits per heavy atom. The van der Waals surface area contributed by atoms with E-state index in [1.54, 1.807) is 31.2 Å². The van der Waals surface area contributed by atoms with Crippen molar-refractivity contribution in [2.75, 3.05) is 0 Å². The normalized spacial score (nSPS) is 14.5. The molecule has 0 aliphatic carbocycles. The molecular formula is C10H7NO2S. The summed E-state index contributed by atoms with van der Waals surface area (Å²) < 4.78 is 0. The number of hydrogen-bond donors (Lipinski definition) is 0. The summed E-state index contributed by atoms with van der Waals surface area (Å²) in [7, 11) is 0. The molecule has 1 aromatic carbocycles. The molecule has 0 N–H and O–H groups in total. The average Bonchev–Trinajstić information content (AvgIpc) is 2.41. The molecule has 3 nitrogen and oxygen atoms in total. The molecule has 14 heavy (non-hydrogen) atoms. The van der Waals surface area contributed by atoms with E-state index in [1.165, 1.54) is 0 Å². The number of thiocarbonyl (C=S) groups is 1. The topological polar surface area (TPSA) is 37.4 Å². The molecule has 2 rings (SSSR count). The molecule has 0 saturated carbocycles. The standard InChI is InChI=1S/C10H7NO2S/c1-6(14)11-9(12)7-4-2-3-5-8(7)10(11)13/h2-5H,1H3. The maximum absolute atomic E-state index is 11.7. The fourth-order valence-electron chi connectivity index (χ4n) is 1.48. The van der Waals surface area contributed by atoms with Gasteiger partial charge in [-0.1, -0.05) is 24.4 Å². The lowest BCUT2D eigenvalue weighted by molar-refractivity contribution is 0.0751. The largest absolute Gasteiger partial charge is 0.268 e. The van der Waals surface area contributed by atoms with Crippen molar-refractivity contribution in [1.82, 2.24) is 4.90 Å². The highest BCUT2D eigenvalue weighted by Crippen LogP contribution is 2.22. The van der Waals surface area contributed by atoms with Crippen LogP contribution in [0.2, 0.25) is 0 Å². The molecule has 0 bridgehead atoms. The quantitative estimate of drug-likeness (QED) is 0.477. The Morgan fingerprint density at radius 3 is 1.93 bits per heavy atom. The van der Waals surface area contributed by atoms with Crippen LogP contribution in [0.3, 0.4) is 0 Å². The fraction of sp³-hybridized carbons (Fsp3) is 0.100. The maximum Gasteiger partial charge on any atom is 0.266 e. The number of hydrogen-bond acceptors (Lipinski definition) is 3. The zero-order valence-corrected chi connectivity index (χ0v) is 8.30. The molecule has 2 amide bonds. The lowest BCUT2D eigenvalue weighted by atomic mass is 10.1. The number of nitrogens with zero attached hydrogens (tertiary/aromatic N) is 1. The zero-order chi connectivity index (χ0) is 10.3. The van der Waals surface area contributed by atoms with Crippen LogP contribution in [-0.2, 0) is 0 Å². The predicted molar refractivity (Wildman–Crippen MR) is 55.2 cm³/mol. The van der Waals surface area contributed by atoms with Gasteiger partial charge in [-0.3, -0.25) is 9.59 Å². The van der Waals surface area contributed by atoms with Crippen LogP contribution < -0.4 is 0 Å². The summed E-state index contributed by atoms with van der Waals surface area (Å²) in [5.41, 5.74) is 0.864. The molecule has 0 aromatic heterocycles. The SMILES string of the molecule is CC(=S)N1C(=O)c2ccccc2C1=O. The first-order chi connectivity index (χ1) is 6.63. The molecular weight excluding hydrogens is 198 g/mol. The van der Waals surface area contributed by atoms with Gasteiger partial charge in [0, 0.05) is 0 Å². The Bertz CT molecular complexity index is 418. The van der Waals surface area contributed by atoms with Crippen molar-refractivity contribution in [3.63, 3.8) is 0 Å². The first kappa shape index (κ1) is 9.02. The summed E-state index contributed by atoms with van der Waals surface area (Å²) in [5.74, 6) is -0.642. The van der Waals surface area contributed by atoms with Crippen LogP contribution in [0.15, 0.2) is 24.3 Å². The number of imide groups is 1. The second-order valence-electron chi connectivity index (χ2n) is 3.01. The Balaban J connectivity index is 2.59. The minimum atomic E-state index is -0.321. The third kappa shape index (κ3) is 1.08. The molecule has 70 valence electrons. The van der Waals surface area contributed by atoms with E-state index in [9.17, 15) is 9.59 Å². The smallest absolute Gasteiger partial charge is 0.266 e. The van der Waals surface area contributed by atoms with Crippen LogP contribution in [0.5, 0.6) is 0 Å². The first-order valence-corrected chi connectivity index (χ1v) is 4.52. The van der Waals surface area contributed by atoms with Crippen molar-refractivity contribution in [3.05, 3.63) is 35.4 Å². The molecule has 0 unspecified atom stereocenters. The summed E-state index contributed by atoms with van der Waals surface area (Å²) in [6.07, 6.45) is 0. The van der Waals surface area contributed by atoms with E-state index in [1.807, 2.05) is 0 Å². The molecule has 1 aliphatic rings. The predicted octanol–water partition coefficient (Wildman–Crippen LogP) is 1.63. The molecule has 1 aromatic rings. The molecule has 1 heterocycles. The van der Waals surface area contributed by atoms with Crippen molar-refractivity contribution in [1.29, 1.82) is 0 Å². The summed E-state index contributed by atoms with van der Waals surface area (Å²) in [6.45, 7) is 1.57. The van der Waals surface area contributed by atoms with E-state index in [0.717, 1.165) is 4.90 Å². The van der Waals surface area contributed by atoms with Crippen molar-refractivity contribution < 1.29 is 9.59 Å². The van der Waals surface area contributed by atoms with E-state index >= 15 is 0 Å². The second kappa shape index (κ2) is 2.99. The van der Waals surface area contributed by atoms with E-state index < -0.39 is 0 Å². The monoisotopic (exact) mass is 205 g/mol. The summed E-state index contributed by atoms with van der Waals surface area (Å²) in [5, 5.41) is 0. The molecule has 0 radical (unpaired) electrons. The third-order valence-corrected chi connectivity index (χ3v) is 2.29. The highest BCUT2D eigenvalue weighted by molar-refractivity contribution is 7.80. The molecule has 0 saturated heterocycles. The summed E-state index contributed by atoms with van der Waals surface area (Å²) in [6, 6.07) is 6.72. The molecule has 0 fully saturated rings. The van der Waals surface area contributed by atoms with Crippen molar-refractivity contribution in [2.24, 2.45) is 0 Å². The van der Waals surface area contributed by atoms with Crippen LogP contribution in [0.4, 0.5) is 0 Å². The minimum Gasteiger partial charge on any atom is -0.268 e. The third-order valence-electron chi connectivity index (χ3n) is 2.11. The maximum atomic E-state index is 11.7. The Morgan fingerprint density at radius 2 is 1.57 bits per heavy atom. The number of rotatable bonds is 0. The zero-order valence-electron chi connectivity index (χ0n) is 7.48. The van der Waals surface area contributed by atoms with Gasteiger partial charge >= 0.3 is 0 Å². The van der Waals surface area contributed by atoms with E-state index in [-0.39, 0.29) is 16.8 Å². The van der Waals surface area contributed by atoms with Gasteiger partial charge in [-0.15, -0.1) is 0 Å². The van der Waals surface area contributed by atoms with Gasteiger partial charge in [0.25, 0.3) is 11.8 Å². The van der Waals surface area contributed by atoms with Gasteiger partial charge in [0.1, 0.15) is 0 Å². The summed E-state index contributed by atoms with van der Waals surface area (Å²) in [4.78, 5) is 24.6. The number of benzene rings is 1. The molecule has 0 spiro atoms. The van der Waals surface area contributed by atoms with E-state index in [0.29, 0.717) is 11.1 Å². The van der Waals surface area contributed by atoms with Crippen molar-refractivity contribution >= 4 is 29.0 Å². The van der Waals surface area contributed by atoms with Crippen LogP contribution in [0.1, 0.15) is 27.6 Å². The number of amides is 2. The van der Waals surface area contributed by atoms with E-state index in [2.05, 4.69) is 0 Å². The number of carbonyl (C=O) groups is 2. The molecule has 1 aliphatic heterocycles. The van der Waals surface area contributed by atoms with Gasteiger partial charge in [0.05, 0.1) is 16.1 Å². The second-order valence-corrected chi connectivity index (χ2v) is 3.60.